The Morgan fingerprint density at radius 3 is 2.47 bits per heavy atom. The predicted octanol–water partition coefficient (Wildman–Crippen LogP) is 2.03. The minimum atomic E-state index is 0.262. The Labute approximate surface area is 86.2 Å². The van der Waals surface area contributed by atoms with E-state index in [1.807, 2.05) is 24.5 Å². The van der Waals surface area contributed by atoms with Gasteiger partial charge in [-0.15, -0.1) is 0 Å². The summed E-state index contributed by atoms with van der Waals surface area (Å²) in [5, 5.41) is 1.98. The van der Waals surface area contributed by atoms with Crippen molar-refractivity contribution in [1.29, 1.82) is 0 Å². The second kappa shape index (κ2) is 2.98. The van der Waals surface area contributed by atoms with Crippen molar-refractivity contribution >= 4 is 17.1 Å². The van der Waals surface area contributed by atoms with Crippen LogP contribution in [-0.2, 0) is 4.79 Å². The summed E-state index contributed by atoms with van der Waals surface area (Å²) in [6.45, 7) is 0.262. The van der Waals surface area contributed by atoms with Crippen molar-refractivity contribution in [3.63, 3.8) is 0 Å². The normalized spacial score (nSPS) is 13.1. The van der Waals surface area contributed by atoms with E-state index in [4.69, 9.17) is 9.47 Å². The molecular weight excluding hydrogens is 192 g/mol. The second-order valence-corrected chi connectivity index (χ2v) is 3.37. The molecule has 0 unspecified atom stereocenters. The van der Waals surface area contributed by atoms with E-state index in [1.54, 1.807) is 12.1 Å². The van der Waals surface area contributed by atoms with Crippen LogP contribution in [0.1, 0.15) is 5.56 Å². The lowest BCUT2D eigenvalue weighted by molar-refractivity contribution is 0.174. The third-order valence-electron chi connectivity index (χ3n) is 2.45. The van der Waals surface area contributed by atoms with Crippen molar-refractivity contribution < 1.29 is 14.3 Å². The van der Waals surface area contributed by atoms with E-state index < -0.39 is 0 Å². The first-order valence-corrected chi connectivity index (χ1v) is 4.58. The molecule has 0 aromatic heterocycles. The summed E-state index contributed by atoms with van der Waals surface area (Å²) < 4.78 is 10.5. The molecule has 2 aromatic carbocycles. The van der Waals surface area contributed by atoms with Crippen molar-refractivity contribution in [3.8, 4) is 11.5 Å². The zero-order valence-corrected chi connectivity index (χ0v) is 7.82. The molecule has 3 rings (SSSR count). The van der Waals surface area contributed by atoms with Crippen LogP contribution in [0.3, 0.4) is 0 Å². The molecule has 1 heterocycles. The smallest absolute Gasteiger partial charge is 0.233 e. The molecule has 3 heteroatoms. The van der Waals surface area contributed by atoms with Crippen LogP contribution in [0, 0.1) is 0 Å². The van der Waals surface area contributed by atoms with Crippen LogP contribution in [0.4, 0.5) is 0 Å². The average Bonchev–Trinajstić information content (AvgIpc) is 2.72. The van der Waals surface area contributed by atoms with Crippen molar-refractivity contribution in [2.45, 2.75) is 0 Å². The van der Waals surface area contributed by atoms with E-state index in [1.165, 1.54) is 0 Å². The molecular formula is C12H7O3. The highest BCUT2D eigenvalue weighted by Gasteiger charge is 2.13. The molecule has 2 aromatic rings. The van der Waals surface area contributed by atoms with Gasteiger partial charge >= 0.3 is 0 Å². The van der Waals surface area contributed by atoms with Crippen LogP contribution in [0.5, 0.6) is 11.5 Å². The highest BCUT2D eigenvalue weighted by Crippen LogP contribution is 2.36. The molecule has 0 amide bonds. The molecule has 0 bridgehead atoms. The Hall–Kier alpha value is -2.03. The summed E-state index contributed by atoms with van der Waals surface area (Å²) in [7, 11) is 0. The van der Waals surface area contributed by atoms with Gasteiger partial charge in [0.1, 0.15) is 0 Å². The van der Waals surface area contributed by atoms with Crippen molar-refractivity contribution in [3.05, 3.63) is 35.9 Å². The van der Waals surface area contributed by atoms with Gasteiger partial charge in [0.15, 0.2) is 11.5 Å². The molecule has 0 aliphatic carbocycles. The Kier molecular flexibility index (Phi) is 1.65. The molecule has 0 saturated heterocycles. The fraction of sp³-hybridized carbons (Fsp3) is 0.0833. The zero-order chi connectivity index (χ0) is 10.3. The number of fused-ring (bicyclic) bond motifs is 2. The summed E-state index contributed by atoms with van der Waals surface area (Å²) in [4.78, 5) is 10.5. The van der Waals surface area contributed by atoms with Gasteiger partial charge < -0.3 is 9.47 Å². The first-order chi connectivity index (χ1) is 7.36. The van der Waals surface area contributed by atoms with Crippen LogP contribution >= 0.6 is 0 Å². The van der Waals surface area contributed by atoms with Crippen molar-refractivity contribution in [2.75, 3.05) is 6.79 Å². The molecule has 1 aliphatic rings. The van der Waals surface area contributed by atoms with Crippen LogP contribution < -0.4 is 9.47 Å². The topological polar surface area (TPSA) is 35.5 Å². The summed E-state index contributed by atoms with van der Waals surface area (Å²) in [5.41, 5.74) is 0.543. The number of ether oxygens (including phenoxy) is 2. The summed E-state index contributed by atoms with van der Waals surface area (Å²) in [5.74, 6) is 1.48. The summed E-state index contributed by atoms with van der Waals surface area (Å²) in [6.07, 6.45) is 1.86. The second-order valence-electron chi connectivity index (χ2n) is 3.37. The number of hydrogen-bond donors (Lipinski definition) is 0. The van der Waals surface area contributed by atoms with Crippen molar-refractivity contribution in [1.82, 2.24) is 0 Å². The Balaban J connectivity index is 2.28. The van der Waals surface area contributed by atoms with E-state index in [-0.39, 0.29) is 6.79 Å². The summed E-state index contributed by atoms with van der Waals surface area (Å²) >= 11 is 0. The molecule has 0 fully saturated rings. The maximum Gasteiger partial charge on any atom is 0.233 e. The van der Waals surface area contributed by atoms with Gasteiger partial charge in [-0.25, -0.2) is 0 Å². The Morgan fingerprint density at radius 1 is 1.00 bits per heavy atom. The summed E-state index contributed by atoms with van der Waals surface area (Å²) in [6, 6.07) is 9.17. The molecule has 0 N–H and O–H groups in total. The quantitative estimate of drug-likeness (QED) is 0.704. The largest absolute Gasteiger partial charge is 0.454 e. The van der Waals surface area contributed by atoms with Gasteiger partial charge in [0.25, 0.3) is 0 Å². The van der Waals surface area contributed by atoms with Crippen LogP contribution in [0.2, 0.25) is 0 Å². The maximum absolute atomic E-state index is 10.5. The van der Waals surface area contributed by atoms with Crippen LogP contribution in [0.25, 0.3) is 10.8 Å². The lowest BCUT2D eigenvalue weighted by Gasteiger charge is -2.00. The first-order valence-electron chi connectivity index (χ1n) is 4.58. The van der Waals surface area contributed by atoms with Gasteiger partial charge in [0, 0.05) is 5.56 Å². The van der Waals surface area contributed by atoms with Gasteiger partial charge in [-0.1, -0.05) is 12.1 Å². The molecule has 0 atom stereocenters. The highest BCUT2D eigenvalue weighted by atomic mass is 16.7. The SMILES string of the molecule is O=[C]c1ccc2cc3c(cc2c1)OCO3. The van der Waals surface area contributed by atoms with Gasteiger partial charge in [-0.2, -0.15) is 0 Å². The number of hydrogen-bond acceptors (Lipinski definition) is 3. The maximum atomic E-state index is 10.5. The lowest BCUT2D eigenvalue weighted by Crippen LogP contribution is -1.92. The standard InChI is InChI=1S/C12H7O3/c13-6-8-1-2-9-4-11-12(15-7-14-11)5-10(9)3-8/h1-5H,7H2. The molecule has 3 nitrogen and oxygen atoms in total. The Morgan fingerprint density at radius 2 is 1.73 bits per heavy atom. The third-order valence-corrected chi connectivity index (χ3v) is 2.45. The molecule has 1 radical (unpaired) electrons. The average molecular weight is 199 g/mol. The molecule has 0 spiro atoms. The van der Waals surface area contributed by atoms with Crippen LogP contribution in [-0.4, -0.2) is 13.1 Å². The number of carbonyl (C=O) groups excluding carboxylic acids is 1. The van der Waals surface area contributed by atoms with E-state index in [9.17, 15) is 4.79 Å². The minimum Gasteiger partial charge on any atom is -0.454 e. The molecule has 0 saturated carbocycles. The number of benzene rings is 2. The first kappa shape index (κ1) is 8.29. The minimum absolute atomic E-state index is 0.262. The van der Waals surface area contributed by atoms with Gasteiger partial charge in [-0.05, 0) is 29.0 Å². The van der Waals surface area contributed by atoms with Gasteiger partial charge in [-0.3, -0.25) is 4.79 Å². The number of rotatable bonds is 1. The monoisotopic (exact) mass is 199 g/mol. The van der Waals surface area contributed by atoms with E-state index in [0.717, 1.165) is 22.3 Å². The predicted molar refractivity (Wildman–Crippen MR) is 54.9 cm³/mol. The van der Waals surface area contributed by atoms with Gasteiger partial charge in [0.2, 0.25) is 13.1 Å². The van der Waals surface area contributed by atoms with E-state index in [2.05, 4.69) is 0 Å². The fourth-order valence-corrected chi connectivity index (χ4v) is 1.70. The fourth-order valence-electron chi connectivity index (χ4n) is 1.70. The molecule has 73 valence electrons. The zero-order valence-electron chi connectivity index (χ0n) is 7.82. The molecule has 1 aliphatic heterocycles. The Bertz CT molecular complexity index is 546. The highest BCUT2D eigenvalue weighted by molar-refractivity contribution is 5.91. The van der Waals surface area contributed by atoms with Crippen LogP contribution in [0.15, 0.2) is 30.3 Å². The van der Waals surface area contributed by atoms with E-state index in [0.29, 0.717) is 5.56 Å². The molecule has 15 heavy (non-hydrogen) atoms. The van der Waals surface area contributed by atoms with E-state index >= 15 is 0 Å². The van der Waals surface area contributed by atoms with Gasteiger partial charge in [0.05, 0.1) is 0 Å². The lowest BCUT2D eigenvalue weighted by atomic mass is 10.1. The van der Waals surface area contributed by atoms with Crippen molar-refractivity contribution in [2.24, 2.45) is 0 Å². The third kappa shape index (κ3) is 1.24.